The normalized spacial score (nSPS) is 15.5. The Morgan fingerprint density at radius 3 is 2.43 bits per heavy atom. The van der Waals surface area contributed by atoms with Crippen LogP contribution in [0.5, 0.6) is 0 Å². The molecule has 1 aromatic carbocycles. The maximum atomic E-state index is 12.1. The molecule has 0 aromatic heterocycles. The number of carbonyl (C=O) groups is 2. The molecule has 2 N–H and O–H groups in total. The summed E-state index contributed by atoms with van der Waals surface area (Å²) in [7, 11) is 1.95. The van der Waals surface area contributed by atoms with Crippen LogP contribution in [0, 0.1) is 6.92 Å². The van der Waals surface area contributed by atoms with Crippen molar-refractivity contribution in [3.8, 4) is 0 Å². The number of piperidine rings is 1. The fourth-order valence-corrected chi connectivity index (χ4v) is 2.80. The van der Waals surface area contributed by atoms with E-state index in [0.717, 1.165) is 31.5 Å². The van der Waals surface area contributed by atoms with Crippen molar-refractivity contribution in [1.82, 2.24) is 15.5 Å². The number of carbonyl (C=O) groups excluding carboxylic acids is 2. The van der Waals surface area contributed by atoms with Gasteiger partial charge in [0.2, 0.25) is 11.8 Å². The number of hydrogen-bond acceptors (Lipinski definition) is 3. The van der Waals surface area contributed by atoms with Gasteiger partial charge in [-0.05, 0) is 38.8 Å². The van der Waals surface area contributed by atoms with Crippen molar-refractivity contribution in [2.24, 2.45) is 0 Å². The summed E-state index contributed by atoms with van der Waals surface area (Å²) in [6, 6.07) is 8.68. The van der Waals surface area contributed by atoms with E-state index in [1.807, 2.05) is 43.1 Å². The predicted molar refractivity (Wildman–Crippen MR) is 91.2 cm³/mol. The molecule has 1 aliphatic heterocycles. The number of aryl methyl sites for hydroxylation is 2. The van der Waals surface area contributed by atoms with Gasteiger partial charge in [0, 0.05) is 25.6 Å². The highest BCUT2D eigenvalue weighted by atomic mass is 16.2. The summed E-state index contributed by atoms with van der Waals surface area (Å²) in [4.78, 5) is 25.8. The minimum absolute atomic E-state index is 0.0169. The molecule has 0 unspecified atom stereocenters. The zero-order valence-corrected chi connectivity index (χ0v) is 14.1. The molecule has 2 amide bonds. The summed E-state index contributed by atoms with van der Waals surface area (Å²) in [5.74, 6) is -0.0488. The molecule has 0 atom stereocenters. The van der Waals surface area contributed by atoms with E-state index in [-0.39, 0.29) is 18.4 Å². The first-order valence-corrected chi connectivity index (χ1v) is 8.36. The van der Waals surface area contributed by atoms with Crippen LogP contribution in [0.25, 0.3) is 0 Å². The molecule has 0 aliphatic carbocycles. The number of nitrogens with one attached hydrogen (secondary N) is 2. The second-order valence-electron chi connectivity index (χ2n) is 6.21. The molecule has 23 heavy (non-hydrogen) atoms. The molecule has 0 spiro atoms. The summed E-state index contributed by atoms with van der Waals surface area (Å²) >= 11 is 0. The minimum Gasteiger partial charge on any atom is -0.347 e. The van der Waals surface area contributed by atoms with E-state index in [1.54, 1.807) is 0 Å². The lowest BCUT2D eigenvalue weighted by molar-refractivity contribution is -0.133. The number of amides is 2. The summed E-state index contributed by atoms with van der Waals surface area (Å²) < 4.78 is 0. The van der Waals surface area contributed by atoms with Crippen LogP contribution in [0.2, 0.25) is 0 Å². The first-order valence-electron chi connectivity index (χ1n) is 8.36. The Hall–Kier alpha value is -1.88. The monoisotopic (exact) mass is 317 g/mol. The van der Waals surface area contributed by atoms with Crippen LogP contribution >= 0.6 is 0 Å². The molecule has 0 saturated carbocycles. The smallest absolute Gasteiger partial charge is 0.241 e. The first kappa shape index (κ1) is 17.5. The Balaban J connectivity index is 1.66. The molecule has 1 saturated heterocycles. The van der Waals surface area contributed by atoms with Gasteiger partial charge in [0.05, 0.1) is 6.54 Å². The number of benzene rings is 1. The molecule has 0 radical (unpaired) electrons. The molecule has 5 heteroatoms. The van der Waals surface area contributed by atoms with Crippen LogP contribution in [0.4, 0.5) is 0 Å². The highest BCUT2D eigenvalue weighted by molar-refractivity contribution is 5.84. The fourth-order valence-electron chi connectivity index (χ4n) is 2.80. The standard InChI is InChI=1S/C18H27N3O2/c1-14-3-5-15(6-4-14)7-8-17(22)20-13-18(23)21-11-9-16(19-2)10-12-21/h3-6,16,19H,7-13H2,1-2H3,(H,20,22). The van der Waals surface area contributed by atoms with Crippen LogP contribution in [0.15, 0.2) is 24.3 Å². The molecule has 1 heterocycles. The number of rotatable bonds is 6. The van der Waals surface area contributed by atoms with Gasteiger partial charge in [-0.15, -0.1) is 0 Å². The lowest BCUT2D eigenvalue weighted by atomic mass is 10.1. The van der Waals surface area contributed by atoms with Gasteiger partial charge in [0.15, 0.2) is 0 Å². The van der Waals surface area contributed by atoms with E-state index < -0.39 is 0 Å². The molecule has 1 fully saturated rings. The highest BCUT2D eigenvalue weighted by Gasteiger charge is 2.21. The van der Waals surface area contributed by atoms with Crippen LogP contribution in [-0.4, -0.2) is 49.4 Å². The van der Waals surface area contributed by atoms with Gasteiger partial charge in [-0.3, -0.25) is 9.59 Å². The maximum Gasteiger partial charge on any atom is 0.241 e. The van der Waals surface area contributed by atoms with Gasteiger partial charge < -0.3 is 15.5 Å². The van der Waals surface area contributed by atoms with Crippen molar-refractivity contribution < 1.29 is 9.59 Å². The van der Waals surface area contributed by atoms with Crippen molar-refractivity contribution in [2.45, 2.75) is 38.6 Å². The van der Waals surface area contributed by atoms with Crippen molar-refractivity contribution in [3.63, 3.8) is 0 Å². The Morgan fingerprint density at radius 1 is 1.17 bits per heavy atom. The first-order chi connectivity index (χ1) is 11.1. The van der Waals surface area contributed by atoms with Gasteiger partial charge in [-0.2, -0.15) is 0 Å². The zero-order chi connectivity index (χ0) is 16.7. The molecule has 5 nitrogen and oxygen atoms in total. The molecule has 1 aromatic rings. The average molecular weight is 317 g/mol. The van der Waals surface area contributed by atoms with E-state index >= 15 is 0 Å². The van der Waals surface area contributed by atoms with Crippen molar-refractivity contribution in [2.75, 3.05) is 26.7 Å². The summed E-state index contributed by atoms with van der Waals surface area (Å²) in [5, 5.41) is 5.98. The number of likely N-dealkylation sites (tertiary alicyclic amines) is 1. The minimum atomic E-state index is -0.0657. The zero-order valence-electron chi connectivity index (χ0n) is 14.1. The predicted octanol–water partition coefficient (Wildman–Crippen LogP) is 1.25. The molecular formula is C18H27N3O2. The largest absolute Gasteiger partial charge is 0.347 e. The quantitative estimate of drug-likeness (QED) is 0.830. The summed E-state index contributed by atoms with van der Waals surface area (Å²) in [5.41, 5.74) is 2.36. The maximum absolute atomic E-state index is 12.1. The van der Waals surface area contributed by atoms with Gasteiger partial charge in [0.1, 0.15) is 0 Å². The van der Waals surface area contributed by atoms with Crippen molar-refractivity contribution >= 4 is 11.8 Å². The summed E-state index contributed by atoms with van der Waals surface area (Å²) in [6.45, 7) is 3.69. The Labute approximate surface area is 138 Å². The third kappa shape index (κ3) is 5.67. The molecule has 1 aliphatic rings. The summed E-state index contributed by atoms with van der Waals surface area (Å²) in [6.07, 6.45) is 3.07. The van der Waals surface area contributed by atoms with Crippen LogP contribution < -0.4 is 10.6 Å². The van der Waals surface area contributed by atoms with E-state index in [4.69, 9.17) is 0 Å². The van der Waals surface area contributed by atoms with E-state index in [2.05, 4.69) is 10.6 Å². The molecule has 0 bridgehead atoms. The van der Waals surface area contributed by atoms with Crippen molar-refractivity contribution in [1.29, 1.82) is 0 Å². The fraction of sp³-hybridized carbons (Fsp3) is 0.556. The average Bonchev–Trinajstić information content (AvgIpc) is 2.59. The third-order valence-corrected chi connectivity index (χ3v) is 4.45. The van der Waals surface area contributed by atoms with E-state index in [0.29, 0.717) is 18.9 Å². The molecule has 2 rings (SSSR count). The SMILES string of the molecule is CNC1CCN(C(=O)CNC(=O)CCc2ccc(C)cc2)CC1. The van der Waals surface area contributed by atoms with Crippen LogP contribution in [0.3, 0.4) is 0 Å². The van der Waals surface area contributed by atoms with Gasteiger partial charge in [0.25, 0.3) is 0 Å². The second kappa shape index (κ2) is 8.67. The van der Waals surface area contributed by atoms with E-state index in [1.165, 1.54) is 5.56 Å². The van der Waals surface area contributed by atoms with Crippen LogP contribution in [-0.2, 0) is 16.0 Å². The second-order valence-corrected chi connectivity index (χ2v) is 6.21. The Kier molecular flexibility index (Phi) is 6.59. The van der Waals surface area contributed by atoms with Crippen LogP contribution in [0.1, 0.15) is 30.4 Å². The lowest BCUT2D eigenvalue weighted by Crippen LogP contribution is -2.47. The number of nitrogens with zero attached hydrogens (tertiary/aromatic N) is 1. The highest BCUT2D eigenvalue weighted by Crippen LogP contribution is 2.10. The molecular weight excluding hydrogens is 290 g/mol. The van der Waals surface area contributed by atoms with Gasteiger partial charge >= 0.3 is 0 Å². The van der Waals surface area contributed by atoms with Crippen molar-refractivity contribution in [3.05, 3.63) is 35.4 Å². The van der Waals surface area contributed by atoms with E-state index in [9.17, 15) is 9.59 Å². The lowest BCUT2D eigenvalue weighted by Gasteiger charge is -2.31. The number of hydrogen-bond donors (Lipinski definition) is 2. The van der Waals surface area contributed by atoms with Gasteiger partial charge in [-0.25, -0.2) is 0 Å². The Morgan fingerprint density at radius 2 is 1.83 bits per heavy atom. The van der Waals surface area contributed by atoms with Gasteiger partial charge in [-0.1, -0.05) is 29.8 Å². The molecule has 126 valence electrons. The topological polar surface area (TPSA) is 61.4 Å². The third-order valence-electron chi connectivity index (χ3n) is 4.45. The Bertz CT molecular complexity index is 520.